The van der Waals surface area contributed by atoms with Gasteiger partial charge < -0.3 is 15.5 Å². The van der Waals surface area contributed by atoms with E-state index >= 15 is 0 Å². The fraction of sp³-hybridized carbons (Fsp3) is 0.444. The van der Waals surface area contributed by atoms with Crippen LogP contribution in [0, 0.1) is 0 Å². The molecule has 0 atom stereocenters. The molecular weight excluding hydrogens is 524 g/mol. The summed E-state index contributed by atoms with van der Waals surface area (Å²) in [7, 11) is -3.49. The van der Waals surface area contributed by atoms with E-state index < -0.39 is 15.6 Å². The first-order valence-electron chi connectivity index (χ1n) is 12.9. The SMILES string of the molecule is CC(C)(N)C(=O)N1CCN(c2nnc(-c3ccc(S(=O)(=O)N4CCCCC4)cc3)c3ccccc23)CC1.Cl. The number of rotatable bonds is 5. The van der Waals surface area contributed by atoms with Crippen LogP contribution in [0.25, 0.3) is 22.0 Å². The van der Waals surface area contributed by atoms with Gasteiger partial charge in [0.2, 0.25) is 15.9 Å². The lowest BCUT2D eigenvalue weighted by Gasteiger charge is -2.38. The molecule has 1 aromatic heterocycles. The van der Waals surface area contributed by atoms with Gasteiger partial charge in [0.1, 0.15) is 5.69 Å². The third kappa shape index (κ3) is 5.49. The number of hydrogen-bond acceptors (Lipinski definition) is 7. The molecule has 0 radical (unpaired) electrons. The third-order valence-corrected chi connectivity index (χ3v) is 9.08. The molecule has 5 rings (SSSR count). The number of amides is 1. The molecular formula is C27H35ClN6O3S. The topological polar surface area (TPSA) is 113 Å². The van der Waals surface area contributed by atoms with Crippen LogP contribution in [0.15, 0.2) is 53.4 Å². The zero-order valence-corrected chi connectivity index (χ0v) is 23.5. The molecule has 11 heteroatoms. The van der Waals surface area contributed by atoms with Crippen LogP contribution in [-0.2, 0) is 14.8 Å². The summed E-state index contributed by atoms with van der Waals surface area (Å²) in [5, 5.41) is 11.1. The average molecular weight is 559 g/mol. The Balaban J connectivity index is 0.00000336. The Bertz CT molecular complexity index is 1390. The third-order valence-electron chi connectivity index (χ3n) is 7.17. The van der Waals surface area contributed by atoms with E-state index in [1.165, 1.54) is 0 Å². The lowest BCUT2D eigenvalue weighted by molar-refractivity contribution is -0.136. The van der Waals surface area contributed by atoms with Gasteiger partial charge in [-0.1, -0.05) is 42.8 Å². The van der Waals surface area contributed by atoms with Gasteiger partial charge in [-0.05, 0) is 38.8 Å². The summed E-state index contributed by atoms with van der Waals surface area (Å²) in [5.74, 6) is 0.729. The van der Waals surface area contributed by atoms with Crippen LogP contribution in [0.5, 0.6) is 0 Å². The number of nitrogens with two attached hydrogens (primary N) is 1. The number of benzene rings is 2. The number of carbonyl (C=O) groups is 1. The second kappa shape index (κ2) is 11.1. The molecule has 2 N–H and O–H groups in total. The Morgan fingerprint density at radius 2 is 1.45 bits per heavy atom. The van der Waals surface area contributed by atoms with E-state index in [0.717, 1.165) is 41.4 Å². The van der Waals surface area contributed by atoms with Crippen LogP contribution < -0.4 is 10.6 Å². The average Bonchev–Trinajstić information content (AvgIpc) is 2.92. The lowest BCUT2D eigenvalue weighted by atomic mass is 10.0. The highest BCUT2D eigenvalue weighted by atomic mass is 35.5. The summed E-state index contributed by atoms with van der Waals surface area (Å²) in [6.45, 7) is 7.05. The lowest BCUT2D eigenvalue weighted by Crippen LogP contribution is -2.57. The monoisotopic (exact) mass is 558 g/mol. The number of piperazine rings is 1. The van der Waals surface area contributed by atoms with Gasteiger partial charge in [-0.15, -0.1) is 22.6 Å². The summed E-state index contributed by atoms with van der Waals surface area (Å²) >= 11 is 0. The number of carbonyl (C=O) groups excluding carboxylic acids is 1. The van der Waals surface area contributed by atoms with E-state index in [1.54, 1.807) is 35.2 Å². The number of anilines is 1. The number of sulfonamides is 1. The molecule has 2 aliphatic rings. The summed E-state index contributed by atoms with van der Waals surface area (Å²) in [6, 6.07) is 14.9. The van der Waals surface area contributed by atoms with Gasteiger partial charge in [0, 0.05) is 55.6 Å². The van der Waals surface area contributed by atoms with Gasteiger partial charge >= 0.3 is 0 Å². The number of halogens is 1. The van der Waals surface area contributed by atoms with E-state index in [2.05, 4.69) is 15.1 Å². The number of hydrogen-bond donors (Lipinski definition) is 1. The second-order valence-corrected chi connectivity index (χ2v) is 12.3. The summed E-state index contributed by atoms with van der Waals surface area (Å²) < 4.78 is 27.7. The summed E-state index contributed by atoms with van der Waals surface area (Å²) in [4.78, 5) is 16.8. The van der Waals surface area contributed by atoms with E-state index in [1.807, 2.05) is 36.4 Å². The van der Waals surface area contributed by atoms with Crippen molar-refractivity contribution in [3.63, 3.8) is 0 Å². The molecule has 1 amide bonds. The normalized spacial score (nSPS) is 17.3. The number of fused-ring (bicyclic) bond motifs is 1. The van der Waals surface area contributed by atoms with E-state index in [9.17, 15) is 13.2 Å². The van der Waals surface area contributed by atoms with Crippen molar-refractivity contribution in [2.75, 3.05) is 44.2 Å². The minimum Gasteiger partial charge on any atom is -0.351 e. The van der Waals surface area contributed by atoms with Crippen LogP contribution in [-0.4, -0.2) is 78.5 Å². The quantitative estimate of drug-likeness (QED) is 0.511. The molecule has 0 spiro atoms. The van der Waals surface area contributed by atoms with Crippen LogP contribution >= 0.6 is 12.4 Å². The van der Waals surface area contributed by atoms with Crippen molar-refractivity contribution in [2.24, 2.45) is 5.73 Å². The summed E-state index contributed by atoms with van der Waals surface area (Å²) in [6.07, 6.45) is 2.88. The molecule has 3 heterocycles. The van der Waals surface area contributed by atoms with Crippen LogP contribution in [0.4, 0.5) is 5.82 Å². The van der Waals surface area contributed by atoms with Crippen molar-refractivity contribution >= 4 is 44.9 Å². The smallest absolute Gasteiger partial charge is 0.243 e. The molecule has 204 valence electrons. The Morgan fingerprint density at radius 1 is 0.842 bits per heavy atom. The number of nitrogens with zero attached hydrogens (tertiary/aromatic N) is 5. The Kier molecular flexibility index (Phi) is 8.27. The molecule has 9 nitrogen and oxygen atoms in total. The Morgan fingerprint density at radius 3 is 2.05 bits per heavy atom. The van der Waals surface area contributed by atoms with Crippen molar-refractivity contribution in [3.8, 4) is 11.3 Å². The number of aromatic nitrogens is 2. The maximum atomic E-state index is 13.0. The van der Waals surface area contributed by atoms with Crippen molar-refractivity contribution in [1.29, 1.82) is 0 Å². The standard InChI is InChI=1S/C27H34N6O3S.ClH/c1-27(2,28)26(34)32-18-16-31(17-19-32)25-23-9-5-4-8-22(23)24(29-30-25)20-10-12-21(13-11-20)37(35,36)33-14-6-3-7-15-33;/h4-5,8-13H,3,6-7,14-19,28H2,1-2H3;1H. The zero-order valence-electron chi connectivity index (χ0n) is 21.8. The minimum atomic E-state index is -3.49. The largest absolute Gasteiger partial charge is 0.351 e. The van der Waals surface area contributed by atoms with Crippen molar-refractivity contribution in [3.05, 3.63) is 48.5 Å². The molecule has 38 heavy (non-hydrogen) atoms. The number of piperidine rings is 1. The molecule has 2 saturated heterocycles. The maximum absolute atomic E-state index is 13.0. The molecule has 2 fully saturated rings. The minimum absolute atomic E-state index is 0. The van der Waals surface area contributed by atoms with Crippen molar-refractivity contribution in [1.82, 2.24) is 19.4 Å². The zero-order chi connectivity index (χ0) is 26.2. The predicted octanol–water partition coefficient (Wildman–Crippen LogP) is 3.28. The highest BCUT2D eigenvalue weighted by molar-refractivity contribution is 7.89. The summed E-state index contributed by atoms with van der Waals surface area (Å²) in [5.41, 5.74) is 6.64. The molecule has 0 saturated carbocycles. The van der Waals surface area contributed by atoms with Crippen molar-refractivity contribution in [2.45, 2.75) is 43.5 Å². The van der Waals surface area contributed by atoms with E-state index in [0.29, 0.717) is 49.9 Å². The van der Waals surface area contributed by atoms with Gasteiger partial charge in [0.05, 0.1) is 10.4 Å². The molecule has 0 bridgehead atoms. The van der Waals surface area contributed by atoms with Crippen LogP contribution in [0.3, 0.4) is 0 Å². The maximum Gasteiger partial charge on any atom is 0.243 e. The van der Waals surface area contributed by atoms with Gasteiger partial charge in [-0.25, -0.2) is 8.42 Å². The van der Waals surface area contributed by atoms with Gasteiger partial charge in [0.25, 0.3) is 0 Å². The molecule has 0 aliphatic carbocycles. The van der Waals surface area contributed by atoms with Gasteiger partial charge in [-0.2, -0.15) is 4.31 Å². The molecule has 0 unspecified atom stereocenters. The fourth-order valence-corrected chi connectivity index (χ4v) is 6.62. The first-order valence-corrected chi connectivity index (χ1v) is 14.3. The predicted molar refractivity (Wildman–Crippen MR) is 152 cm³/mol. The molecule has 2 aliphatic heterocycles. The van der Waals surface area contributed by atoms with E-state index in [-0.39, 0.29) is 18.3 Å². The van der Waals surface area contributed by atoms with E-state index in [4.69, 9.17) is 5.73 Å². The molecule has 2 aromatic carbocycles. The first kappa shape index (κ1) is 28.2. The van der Waals surface area contributed by atoms with Crippen LogP contribution in [0.1, 0.15) is 33.1 Å². The highest BCUT2D eigenvalue weighted by Crippen LogP contribution is 2.32. The highest BCUT2D eigenvalue weighted by Gasteiger charge is 2.31. The first-order chi connectivity index (χ1) is 17.7. The van der Waals surface area contributed by atoms with Gasteiger partial charge in [-0.3, -0.25) is 4.79 Å². The van der Waals surface area contributed by atoms with Crippen molar-refractivity contribution < 1.29 is 13.2 Å². The van der Waals surface area contributed by atoms with Gasteiger partial charge in [0.15, 0.2) is 5.82 Å². The Hall–Kier alpha value is -2.79. The second-order valence-electron chi connectivity index (χ2n) is 10.4. The Labute approximate surface area is 230 Å². The molecule has 3 aromatic rings. The van der Waals surface area contributed by atoms with Crippen LogP contribution in [0.2, 0.25) is 0 Å². The fourth-order valence-electron chi connectivity index (χ4n) is 5.10.